The van der Waals surface area contributed by atoms with Crippen LogP contribution in [0.5, 0.6) is 0 Å². The van der Waals surface area contributed by atoms with E-state index < -0.39 is 41.0 Å². The van der Waals surface area contributed by atoms with E-state index in [-0.39, 0.29) is 24.5 Å². The second-order valence-electron chi connectivity index (χ2n) is 8.68. The van der Waals surface area contributed by atoms with Crippen LogP contribution in [0.25, 0.3) is 11.0 Å². The molecule has 1 unspecified atom stereocenters. The van der Waals surface area contributed by atoms with Gasteiger partial charge in [0.05, 0.1) is 36.1 Å². The number of piperidine rings is 1. The Balaban J connectivity index is 1.79. The SMILES string of the molecule is CC[C@@H]1CN2c3c(cc4c(C)noc4c3F)CC3(C(=O)CC(=O)NC3=O)[C@H]2[C@H](CC)O1. The molecule has 1 N–H and O–H groups in total. The number of aromatic nitrogens is 1. The Hall–Kier alpha value is -2.81. The number of hydrogen-bond acceptors (Lipinski definition) is 7. The van der Waals surface area contributed by atoms with Crippen molar-refractivity contribution in [2.75, 3.05) is 11.4 Å². The Labute approximate surface area is 178 Å². The van der Waals surface area contributed by atoms with Crippen molar-refractivity contribution in [2.24, 2.45) is 5.41 Å². The van der Waals surface area contributed by atoms with Crippen LogP contribution >= 0.6 is 0 Å². The Morgan fingerprint density at radius 1 is 1.29 bits per heavy atom. The molecule has 1 aromatic carbocycles. The Bertz CT molecular complexity index is 1110. The number of nitrogens with zero attached hydrogens (tertiary/aromatic N) is 2. The molecule has 31 heavy (non-hydrogen) atoms. The number of halogens is 1. The Morgan fingerprint density at radius 2 is 2.06 bits per heavy atom. The Morgan fingerprint density at radius 3 is 2.74 bits per heavy atom. The van der Waals surface area contributed by atoms with Gasteiger partial charge in [-0.05, 0) is 37.8 Å². The van der Waals surface area contributed by atoms with E-state index in [1.54, 1.807) is 13.0 Å². The fraction of sp³-hybridized carbons (Fsp3) is 0.545. The van der Waals surface area contributed by atoms with Crippen LogP contribution in [-0.4, -0.2) is 47.5 Å². The number of morpholine rings is 1. The smallest absolute Gasteiger partial charge is 0.242 e. The van der Waals surface area contributed by atoms with Crippen molar-refractivity contribution >= 4 is 34.3 Å². The van der Waals surface area contributed by atoms with Gasteiger partial charge in [0.25, 0.3) is 0 Å². The molecule has 8 nitrogen and oxygen atoms in total. The molecule has 0 radical (unpaired) electrons. The van der Waals surface area contributed by atoms with Crippen molar-refractivity contribution in [3.05, 3.63) is 23.1 Å². The lowest BCUT2D eigenvalue weighted by atomic mass is 9.63. The summed E-state index contributed by atoms with van der Waals surface area (Å²) in [7, 11) is 0. The first-order valence-electron chi connectivity index (χ1n) is 10.7. The molecule has 1 aromatic heterocycles. The third-order valence-corrected chi connectivity index (χ3v) is 6.99. The van der Waals surface area contributed by atoms with Crippen LogP contribution in [0.4, 0.5) is 10.1 Å². The van der Waals surface area contributed by atoms with E-state index in [0.29, 0.717) is 41.7 Å². The molecule has 4 atom stereocenters. The summed E-state index contributed by atoms with van der Waals surface area (Å²) >= 11 is 0. The number of benzene rings is 1. The average molecular weight is 429 g/mol. The molecular weight excluding hydrogens is 405 g/mol. The quantitative estimate of drug-likeness (QED) is 0.577. The minimum atomic E-state index is -1.52. The fourth-order valence-corrected chi connectivity index (χ4v) is 5.49. The standard InChI is InChI=1S/C22H24FN3O5/c1-4-12-9-26-18-11(6-13-10(3)25-31-19(13)17(18)23)8-22(20(26)14(5-2)30-12)15(27)7-16(28)24-21(22)29/h6,12,14,20H,4-5,7-9H2,1-3H3,(H,24,28,29)/t12-,14+,20-,22?/m1/s1. The zero-order valence-electron chi connectivity index (χ0n) is 17.7. The van der Waals surface area contributed by atoms with E-state index in [4.69, 9.17) is 9.26 Å². The summed E-state index contributed by atoms with van der Waals surface area (Å²) in [6.07, 6.45) is 0.201. The highest BCUT2D eigenvalue weighted by Crippen LogP contribution is 2.50. The predicted octanol–water partition coefficient (Wildman–Crippen LogP) is 2.20. The normalized spacial score (nSPS) is 30.5. The average Bonchev–Trinajstić information content (AvgIpc) is 3.11. The molecule has 5 rings (SSSR count). The van der Waals surface area contributed by atoms with Crippen molar-refractivity contribution in [1.82, 2.24) is 10.5 Å². The van der Waals surface area contributed by atoms with E-state index in [1.165, 1.54) is 0 Å². The van der Waals surface area contributed by atoms with Crippen LogP contribution in [0.2, 0.25) is 0 Å². The van der Waals surface area contributed by atoms with Gasteiger partial charge in [-0.25, -0.2) is 4.39 Å². The molecular formula is C22H24FN3O5. The molecule has 2 amide bonds. The molecule has 0 aliphatic carbocycles. The lowest BCUT2D eigenvalue weighted by Crippen LogP contribution is -2.72. The van der Waals surface area contributed by atoms with Crippen molar-refractivity contribution in [3.63, 3.8) is 0 Å². The number of carbonyl (C=O) groups is 3. The summed E-state index contributed by atoms with van der Waals surface area (Å²) < 4.78 is 27.2. The number of ether oxygens (including phenoxy) is 1. The largest absolute Gasteiger partial charge is 0.371 e. The second-order valence-corrected chi connectivity index (χ2v) is 8.68. The highest BCUT2D eigenvalue weighted by atomic mass is 19.1. The first kappa shape index (κ1) is 20.1. The maximum absolute atomic E-state index is 15.8. The summed E-state index contributed by atoms with van der Waals surface area (Å²) in [5.41, 5.74) is -0.0599. The van der Waals surface area contributed by atoms with Crippen molar-refractivity contribution in [1.29, 1.82) is 0 Å². The number of ketones is 1. The molecule has 3 aliphatic heterocycles. The van der Waals surface area contributed by atoms with Crippen LogP contribution < -0.4 is 10.2 Å². The van der Waals surface area contributed by atoms with Crippen LogP contribution in [0.1, 0.15) is 44.4 Å². The first-order valence-corrected chi connectivity index (χ1v) is 10.7. The molecule has 164 valence electrons. The Kier molecular flexibility index (Phi) is 4.44. The third kappa shape index (κ3) is 2.62. The number of Topliss-reactive ketones (excluding diaryl/α,β-unsaturated/α-hetero) is 1. The second kappa shape index (κ2) is 6.85. The van der Waals surface area contributed by atoms with Gasteiger partial charge in [0.1, 0.15) is 5.41 Å². The lowest BCUT2D eigenvalue weighted by molar-refractivity contribution is -0.159. The fourth-order valence-electron chi connectivity index (χ4n) is 5.49. The summed E-state index contributed by atoms with van der Waals surface area (Å²) in [5, 5.41) is 6.76. The molecule has 1 spiro atoms. The number of hydrogen-bond donors (Lipinski definition) is 1. The number of aryl methyl sites for hydroxylation is 1. The van der Waals surface area contributed by atoms with E-state index in [9.17, 15) is 14.4 Å². The molecule has 4 heterocycles. The van der Waals surface area contributed by atoms with Crippen LogP contribution in [0, 0.1) is 18.2 Å². The summed E-state index contributed by atoms with van der Waals surface area (Å²) in [4.78, 5) is 40.4. The monoisotopic (exact) mass is 429 g/mol. The van der Waals surface area contributed by atoms with Gasteiger partial charge in [0.2, 0.25) is 17.4 Å². The zero-order chi connectivity index (χ0) is 22.1. The van der Waals surface area contributed by atoms with Crippen molar-refractivity contribution < 1.29 is 28.0 Å². The highest BCUT2D eigenvalue weighted by Gasteiger charge is 2.63. The first-order chi connectivity index (χ1) is 14.8. The molecule has 9 heteroatoms. The van der Waals surface area contributed by atoms with Gasteiger partial charge in [0.15, 0.2) is 11.6 Å². The molecule has 0 saturated carbocycles. The van der Waals surface area contributed by atoms with E-state index in [2.05, 4.69) is 10.5 Å². The molecule has 0 bridgehead atoms. The number of rotatable bonds is 2. The van der Waals surface area contributed by atoms with E-state index in [1.807, 2.05) is 18.7 Å². The van der Waals surface area contributed by atoms with Crippen molar-refractivity contribution in [3.8, 4) is 0 Å². The van der Waals surface area contributed by atoms with Gasteiger partial charge in [-0.1, -0.05) is 19.0 Å². The summed E-state index contributed by atoms with van der Waals surface area (Å²) in [5.74, 6) is -2.22. The highest BCUT2D eigenvalue weighted by molar-refractivity contribution is 6.22. The topological polar surface area (TPSA) is 102 Å². The van der Waals surface area contributed by atoms with Crippen LogP contribution in [-0.2, 0) is 25.5 Å². The number of anilines is 1. The summed E-state index contributed by atoms with van der Waals surface area (Å²) in [6, 6.07) is 1.04. The number of carbonyl (C=O) groups excluding carboxylic acids is 3. The zero-order valence-corrected chi connectivity index (χ0v) is 17.7. The van der Waals surface area contributed by atoms with Crippen LogP contribution in [0.3, 0.4) is 0 Å². The molecule has 2 fully saturated rings. The molecule has 3 aliphatic rings. The van der Waals surface area contributed by atoms with E-state index in [0.717, 1.165) is 0 Å². The number of nitrogens with one attached hydrogen (secondary N) is 1. The van der Waals surface area contributed by atoms with Gasteiger partial charge in [-0.2, -0.15) is 0 Å². The number of amides is 2. The van der Waals surface area contributed by atoms with Gasteiger partial charge < -0.3 is 14.2 Å². The lowest BCUT2D eigenvalue weighted by Gasteiger charge is -2.56. The minimum Gasteiger partial charge on any atom is -0.371 e. The predicted molar refractivity (Wildman–Crippen MR) is 108 cm³/mol. The van der Waals surface area contributed by atoms with Crippen LogP contribution in [0.15, 0.2) is 10.6 Å². The van der Waals surface area contributed by atoms with E-state index >= 15 is 4.39 Å². The maximum atomic E-state index is 15.8. The summed E-state index contributed by atoms with van der Waals surface area (Å²) in [6.45, 7) is 5.94. The third-order valence-electron chi connectivity index (χ3n) is 6.99. The van der Waals surface area contributed by atoms with Crippen molar-refractivity contribution in [2.45, 2.75) is 64.7 Å². The van der Waals surface area contributed by atoms with Gasteiger partial charge in [-0.3, -0.25) is 19.7 Å². The minimum absolute atomic E-state index is 0.00439. The molecule has 2 aromatic rings. The number of fused-ring (bicyclic) bond motifs is 5. The van der Waals surface area contributed by atoms with Gasteiger partial charge >= 0.3 is 0 Å². The maximum Gasteiger partial charge on any atom is 0.242 e. The van der Waals surface area contributed by atoms with Gasteiger partial charge in [0, 0.05) is 11.9 Å². The van der Waals surface area contributed by atoms with Gasteiger partial charge in [-0.15, -0.1) is 0 Å². The number of imide groups is 1. The molecule has 2 saturated heterocycles.